The first-order valence-electron chi connectivity index (χ1n) is 10.7. The maximum atomic E-state index is 13.1. The van der Waals surface area contributed by atoms with Crippen molar-refractivity contribution in [3.8, 4) is 5.75 Å². The van der Waals surface area contributed by atoms with Crippen LogP contribution in [0, 0.1) is 5.82 Å². The van der Waals surface area contributed by atoms with Gasteiger partial charge in [0, 0.05) is 38.4 Å². The summed E-state index contributed by atoms with van der Waals surface area (Å²) < 4.78 is 19.1. The summed E-state index contributed by atoms with van der Waals surface area (Å²) in [5, 5.41) is 0. The Morgan fingerprint density at radius 2 is 1.82 bits per heavy atom. The third-order valence-electron chi connectivity index (χ3n) is 6.26. The molecule has 28 heavy (non-hydrogen) atoms. The van der Waals surface area contributed by atoms with Crippen LogP contribution in [0.1, 0.15) is 43.2 Å². The molecule has 2 aliphatic rings. The number of rotatable bonds is 7. The molecule has 1 aliphatic heterocycles. The molecule has 0 radical (unpaired) electrons. The van der Waals surface area contributed by atoms with Crippen LogP contribution in [0.15, 0.2) is 42.5 Å². The standard InChI is InChI=1S/C24H31FN2O/c1-2-19-4-5-20-6-11-23(18-24(19)20)28-17-3-12-26-13-15-27(16-14-26)22-9-7-21(25)8-10-22/h6-11,18-19H,2-5,12-17H2,1H3. The van der Waals surface area contributed by atoms with Crippen LogP contribution in [0.25, 0.3) is 0 Å². The molecule has 1 aliphatic carbocycles. The Morgan fingerprint density at radius 1 is 1.04 bits per heavy atom. The molecule has 0 N–H and O–H groups in total. The van der Waals surface area contributed by atoms with Gasteiger partial charge < -0.3 is 9.64 Å². The van der Waals surface area contributed by atoms with Crippen molar-refractivity contribution in [3.63, 3.8) is 0 Å². The van der Waals surface area contributed by atoms with Gasteiger partial charge in [-0.2, -0.15) is 0 Å². The van der Waals surface area contributed by atoms with Gasteiger partial charge in [0.25, 0.3) is 0 Å². The summed E-state index contributed by atoms with van der Waals surface area (Å²) in [5.41, 5.74) is 4.14. The van der Waals surface area contributed by atoms with E-state index in [1.54, 1.807) is 12.1 Å². The van der Waals surface area contributed by atoms with E-state index in [1.807, 2.05) is 12.1 Å². The molecular formula is C24H31FN2O. The fraction of sp³-hybridized carbons (Fsp3) is 0.500. The van der Waals surface area contributed by atoms with Crippen LogP contribution in [0.3, 0.4) is 0 Å². The number of aryl methyl sites for hydroxylation is 1. The van der Waals surface area contributed by atoms with Crippen molar-refractivity contribution in [2.24, 2.45) is 0 Å². The maximum Gasteiger partial charge on any atom is 0.123 e. The molecule has 4 heteroatoms. The molecule has 4 rings (SSSR count). The highest BCUT2D eigenvalue weighted by molar-refractivity contribution is 5.46. The van der Waals surface area contributed by atoms with Crippen molar-refractivity contribution in [1.82, 2.24) is 4.90 Å². The SMILES string of the molecule is CCC1CCc2ccc(OCCCN3CCN(c4ccc(F)cc4)CC3)cc21. The van der Waals surface area contributed by atoms with Crippen molar-refractivity contribution >= 4 is 5.69 Å². The Hall–Kier alpha value is -2.07. The van der Waals surface area contributed by atoms with Crippen LogP contribution in [0.4, 0.5) is 10.1 Å². The van der Waals surface area contributed by atoms with E-state index in [-0.39, 0.29) is 5.82 Å². The minimum absolute atomic E-state index is 0.170. The number of piperazine rings is 1. The summed E-state index contributed by atoms with van der Waals surface area (Å²) in [4.78, 5) is 4.83. The van der Waals surface area contributed by atoms with E-state index in [1.165, 1.54) is 30.4 Å². The number of nitrogens with zero attached hydrogens (tertiary/aromatic N) is 2. The molecule has 1 saturated heterocycles. The second kappa shape index (κ2) is 8.95. The van der Waals surface area contributed by atoms with Crippen LogP contribution in [-0.4, -0.2) is 44.2 Å². The van der Waals surface area contributed by atoms with Crippen molar-refractivity contribution in [1.29, 1.82) is 0 Å². The number of anilines is 1. The topological polar surface area (TPSA) is 15.7 Å². The zero-order valence-corrected chi connectivity index (χ0v) is 16.9. The number of halogens is 1. The maximum absolute atomic E-state index is 13.1. The summed E-state index contributed by atoms with van der Waals surface area (Å²) in [6, 6.07) is 13.5. The molecule has 1 fully saturated rings. The van der Waals surface area contributed by atoms with Crippen molar-refractivity contribution in [2.75, 3.05) is 44.2 Å². The van der Waals surface area contributed by atoms with E-state index in [2.05, 4.69) is 34.9 Å². The van der Waals surface area contributed by atoms with E-state index < -0.39 is 0 Å². The van der Waals surface area contributed by atoms with Gasteiger partial charge in [-0.15, -0.1) is 0 Å². The van der Waals surface area contributed by atoms with Gasteiger partial charge in [-0.1, -0.05) is 13.0 Å². The van der Waals surface area contributed by atoms with Crippen molar-refractivity contribution in [3.05, 3.63) is 59.4 Å². The van der Waals surface area contributed by atoms with Gasteiger partial charge in [0.05, 0.1) is 6.61 Å². The average Bonchev–Trinajstić information content (AvgIpc) is 3.15. The molecule has 2 aromatic rings. The first-order chi connectivity index (χ1) is 13.7. The van der Waals surface area contributed by atoms with Crippen LogP contribution in [-0.2, 0) is 6.42 Å². The highest BCUT2D eigenvalue weighted by atomic mass is 19.1. The highest BCUT2D eigenvalue weighted by Crippen LogP contribution is 2.37. The molecule has 2 aromatic carbocycles. The third-order valence-corrected chi connectivity index (χ3v) is 6.26. The molecule has 1 heterocycles. The largest absolute Gasteiger partial charge is 0.494 e. The number of benzene rings is 2. The normalized spacial score (nSPS) is 19.6. The highest BCUT2D eigenvalue weighted by Gasteiger charge is 2.21. The summed E-state index contributed by atoms with van der Waals surface area (Å²) in [6.45, 7) is 8.21. The fourth-order valence-corrected chi connectivity index (χ4v) is 4.54. The number of hydrogen-bond donors (Lipinski definition) is 0. The van der Waals surface area contributed by atoms with Crippen molar-refractivity contribution < 1.29 is 9.13 Å². The van der Waals surface area contributed by atoms with Crippen LogP contribution in [0.2, 0.25) is 0 Å². The van der Waals surface area contributed by atoms with Gasteiger partial charge in [-0.3, -0.25) is 4.90 Å². The Balaban J connectivity index is 1.18. The quantitative estimate of drug-likeness (QED) is 0.636. The van der Waals surface area contributed by atoms with Gasteiger partial charge in [-0.05, 0) is 79.1 Å². The monoisotopic (exact) mass is 382 g/mol. The number of fused-ring (bicyclic) bond motifs is 1. The lowest BCUT2D eigenvalue weighted by atomic mass is 9.99. The fourth-order valence-electron chi connectivity index (χ4n) is 4.54. The van der Waals surface area contributed by atoms with E-state index >= 15 is 0 Å². The average molecular weight is 383 g/mol. The Kier molecular flexibility index (Phi) is 6.16. The second-order valence-corrected chi connectivity index (χ2v) is 8.01. The first-order valence-corrected chi connectivity index (χ1v) is 10.7. The first kappa shape index (κ1) is 19.3. The molecular weight excluding hydrogens is 351 g/mol. The lowest BCUT2D eigenvalue weighted by Gasteiger charge is -2.36. The minimum atomic E-state index is -0.170. The molecule has 0 saturated carbocycles. The molecule has 150 valence electrons. The zero-order chi connectivity index (χ0) is 19.3. The predicted octanol–water partition coefficient (Wildman–Crippen LogP) is 4.86. The van der Waals surface area contributed by atoms with E-state index in [0.717, 1.165) is 63.1 Å². The third kappa shape index (κ3) is 4.49. The summed E-state index contributed by atoms with van der Waals surface area (Å²) in [5.74, 6) is 1.58. The number of hydrogen-bond acceptors (Lipinski definition) is 3. The summed E-state index contributed by atoms with van der Waals surface area (Å²) >= 11 is 0. The molecule has 0 spiro atoms. The molecule has 0 bridgehead atoms. The van der Waals surface area contributed by atoms with Crippen LogP contribution >= 0.6 is 0 Å². The number of ether oxygens (including phenoxy) is 1. The molecule has 0 amide bonds. The van der Waals surface area contributed by atoms with Gasteiger partial charge in [0.15, 0.2) is 0 Å². The lowest BCUT2D eigenvalue weighted by Crippen LogP contribution is -2.46. The lowest BCUT2D eigenvalue weighted by molar-refractivity contribution is 0.224. The summed E-state index contributed by atoms with van der Waals surface area (Å²) in [7, 11) is 0. The predicted molar refractivity (Wildman–Crippen MR) is 113 cm³/mol. The Morgan fingerprint density at radius 3 is 2.57 bits per heavy atom. The van der Waals surface area contributed by atoms with Gasteiger partial charge >= 0.3 is 0 Å². The molecule has 3 nitrogen and oxygen atoms in total. The second-order valence-electron chi connectivity index (χ2n) is 8.01. The Labute approximate surface area is 168 Å². The van der Waals surface area contributed by atoms with Gasteiger partial charge in [-0.25, -0.2) is 4.39 Å². The van der Waals surface area contributed by atoms with E-state index in [4.69, 9.17) is 4.74 Å². The van der Waals surface area contributed by atoms with E-state index in [0.29, 0.717) is 0 Å². The Bertz CT molecular complexity index is 769. The van der Waals surface area contributed by atoms with Crippen molar-refractivity contribution in [2.45, 2.75) is 38.5 Å². The van der Waals surface area contributed by atoms with E-state index in [9.17, 15) is 4.39 Å². The smallest absolute Gasteiger partial charge is 0.123 e. The molecule has 1 unspecified atom stereocenters. The minimum Gasteiger partial charge on any atom is -0.494 e. The van der Waals surface area contributed by atoms with Crippen LogP contribution in [0.5, 0.6) is 5.75 Å². The van der Waals surface area contributed by atoms with Crippen LogP contribution < -0.4 is 9.64 Å². The van der Waals surface area contributed by atoms with Gasteiger partial charge in [0.1, 0.15) is 11.6 Å². The zero-order valence-electron chi connectivity index (χ0n) is 16.9. The summed E-state index contributed by atoms with van der Waals surface area (Å²) in [6.07, 6.45) is 4.78. The molecule has 1 atom stereocenters. The molecule has 0 aromatic heterocycles. The van der Waals surface area contributed by atoms with Gasteiger partial charge in [0.2, 0.25) is 0 Å².